The van der Waals surface area contributed by atoms with E-state index in [0.29, 0.717) is 22.4 Å². The average molecular weight is 289 g/mol. The molecule has 0 radical (unpaired) electrons. The van der Waals surface area contributed by atoms with Gasteiger partial charge < -0.3 is 5.32 Å². The van der Waals surface area contributed by atoms with E-state index in [1.165, 1.54) is 30.3 Å². The fourth-order valence-electron chi connectivity index (χ4n) is 1.67. The van der Waals surface area contributed by atoms with Gasteiger partial charge in [0.05, 0.1) is 10.6 Å². The van der Waals surface area contributed by atoms with E-state index in [1.54, 1.807) is 13.0 Å². The summed E-state index contributed by atoms with van der Waals surface area (Å²) in [5.74, 6) is -0.725. The van der Waals surface area contributed by atoms with Crippen molar-refractivity contribution in [2.45, 2.75) is 6.92 Å². The van der Waals surface area contributed by atoms with Crippen molar-refractivity contribution in [1.82, 2.24) is 0 Å². The zero-order valence-electron chi connectivity index (χ0n) is 10.6. The zero-order valence-corrected chi connectivity index (χ0v) is 11.3. The quantitative estimate of drug-likeness (QED) is 0.911. The maximum atomic E-state index is 13.1. The van der Waals surface area contributed by atoms with Crippen LogP contribution in [-0.2, 0) is 0 Å². The number of nitrogens with zero attached hydrogens (tertiary/aromatic N) is 1. The van der Waals surface area contributed by atoms with Crippen LogP contribution in [0.5, 0.6) is 0 Å². The number of rotatable bonds is 2. The summed E-state index contributed by atoms with van der Waals surface area (Å²) in [5, 5.41) is 11.7. The molecular weight excluding hydrogens is 279 g/mol. The van der Waals surface area contributed by atoms with E-state index in [4.69, 9.17) is 16.9 Å². The Kier molecular flexibility index (Phi) is 4.02. The molecule has 2 rings (SSSR count). The van der Waals surface area contributed by atoms with Crippen LogP contribution in [0.3, 0.4) is 0 Å². The summed E-state index contributed by atoms with van der Waals surface area (Å²) in [7, 11) is 0. The summed E-state index contributed by atoms with van der Waals surface area (Å²) in [5.41, 5.74) is 1.56. The van der Waals surface area contributed by atoms with Gasteiger partial charge in [0, 0.05) is 11.3 Å². The third kappa shape index (κ3) is 2.95. The maximum Gasteiger partial charge on any atom is 0.255 e. The summed E-state index contributed by atoms with van der Waals surface area (Å²) in [6, 6.07) is 10.7. The monoisotopic (exact) mass is 288 g/mol. The lowest BCUT2D eigenvalue weighted by molar-refractivity contribution is 0.102. The summed E-state index contributed by atoms with van der Waals surface area (Å²) in [6.07, 6.45) is 0. The Bertz CT molecular complexity index is 722. The lowest BCUT2D eigenvalue weighted by Crippen LogP contribution is -2.12. The maximum absolute atomic E-state index is 13.1. The SMILES string of the molecule is Cc1cc(C(=O)Nc2ccc(C#N)c(Cl)c2)ccc1F. The smallest absolute Gasteiger partial charge is 0.255 e. The van der Waals surface area contributed by atoms with Gasteiger partial charge in [0.2, 0.25) is 0 Å². The van der Waals surface area contributed by atoms with Crippen LogP contribution in [0.2, 0.25) is 5.02 Å². The fourth-order valence-corrected chi connectivity index (χ4v) is 1.90. The minimum absolute atomic E-state index is 0.264. The van der Waals surface area contributed by atoms with Gasteiger partial charge in [0.25, 0.3) is 5.91 Å². The topological polar surface area (TPSA) is 52.9 Å². The van der Waals surface area contributed by atoms with Gasteiger partial charge in [0.15, 0.2) is 0 Å². The highest BCUT2D eigenvalue weighted by Gasteiger charge is 2.09. The Morgan fingerprint density at radius 1 is 1.30 bits per heavy atom. The molecule has 0 aliphatic rings. The molecule has 1 N–H and O–H groups in total. The number of anilines is 1. The van der Waals surface area contributed by atoms with Gasteiger partial charge in [-0.3, -0.25) is 4.79 Å². The number of carbonyl (C=O) groups excluding carboxylic acids is 1. The Hall–Kier alpha value is -2.38. The van der Waals surface area contributed by atoms with Crippen molar-refractivity contribution < 1.29 is 9.18 Å². The number of nitrogens with one attached hydrogen (secondary N) is 1. The molecule has 0 atom stereocenters. The number of aryl methyl sites for hydroxylation is 1. The predicted molar refractivity (Wildman–Crippen MR) is 75.3 cm³/mol. The molecule has 0 aromatic heterocycles. The molecule has 2 aromatic carbocycles. The number of hydrogen-bond acceptors (Lipinski definition) is 2. The molecule has 0 spiro atoms. The third-order valence-corrected chi connectivity index (χ3v) is 3.08. The third-order valence-electron chi connectivity index (χ3n) is 2.77. The second kappa shape index (κ2) is 5.72. The van der Waals surface area contributed by atoms with Gasteiger partial charge in [-0.1, -0.05) is 11.6 Å². The van der Waals surface area contributed by atoms with Gasteiger partial charge in [-0.2, -0.15) is 5.26 Å². The van der Waals surface area contributed by atoms with Crippen molar-refractivity contribution in [3.63, 3.8) is 0 Å². The number of carbonyl (C=O) groups is 1. The minimum Gasteiger partial charge on any atom is -0.322 e. The zero-order chi connectivity index (χ0) is 14.7. The summed E-state index contributed by atoms with van der Waals surface area (Å²) in [6.45, 7) is 1.59. The van der Waals surface area contributed by atoms with Crippen LogP contribution in [0, 0.1) is 24.1 Å². The fraction of sp³-hybridized carbons (Fsp3) is 0.0667. The highest BCUT2D eigenvalue weighted by atomic mass is 35.5. The van der Waals surface area contributed by atoms with Crippen LogP contribution in [0.1, 0.15) is 21.5 Å². The molecule has 20 heavy (non-hydrogen) atoms. The van der Waals surface area contributed by atoms with Crippen LogP contribution in [0.4, 0.5) is 10.1 Å². The van der Waals surface area contributed by atoms with Crippen LogP contribution >= 0.6 is 11.6 Å². The van der Waals surface area contributed by atoms with Gasteiger partial charge in [-0.25, -0.2) is 4.39 Å². The van der Waals surface area contributed by atoms with Crippen LogP contribution in [0.15, 0.2) is 36.4 Å². The molecule has 0 fully saturated rings. The Balaban J connectivity index is 2.21. The first-order chi connectivity index (χ1) is 9.51. The highest BCUT2D eigenvalue weighted by molar-refractivity contribution is 6.32. The Morgan fingerprint density at radius 3 is 2.65 bits per heavy atom. The van der Waals surface area contributed by atoms with Gasteiger partial charge in [-0.05, 0) is 48.9 Å². The highest BCUT2D eigenvalue weighted by Crippen LogP contribution is 2.21. The van der Waals surface area contributed by atoms with Gasteiger partial charge in [-0.15, -0.1) is 0 Å². The molecular formula is C15H10ClFN2O. The van der Waals surface area contributed by atoms with Gasteiger partial charge >= 0.3 is 0 Å². The molecule has 0 heterocycles. The molecule has 0 saturated heterocycles. The first kappa shape index (κ1) is 14.0. The number of hydrogen-bond donors (Lipinski definition) is 1. The van der Waals surface area contributed by atoms with Crippen molar-refractivity contribution >= 4 is 23.2 Å². The van der Waals surface area contributed by atoms with Crippen molar-refractivity contribution in [3.8, 4) is 6.07 Å². The molecule has 5 heteroatoms. The van der Waals surface area contributed by atoms with Crippen LogP contribution in [0.25, 0.3) is 0 Å². The molecule has 0 bridgehead atoms. The second-order valence-electron chi connectivity index (χ2n) is 4.22. The lowest BCUT2D eigenvalue weighted by Gasteiger charge is -2.07. The molecule has 2 aromatic rings. The van der Waals surface area contributed by atoms with Gasteiger partial charge in [0.1, 0.15) is 11.9 Å². The van der Waals surface area contributed by atoms with E-state index in [9.17, 15) is 9.18 Å². The van der Waals surface area contributed by atoms with Crippen molar-refractivity contribution in [2.24, 2.45) is 0 Å². The molecule has 100 valence electrons. The predicted octanol–water partition coefficient (Wildman–Crippen LogP) is 3.91. The minimum atomic E-state index is -0.367. The second-order valence-corrected chi connectivity index (χ2v) is 4.63. The molecule has 0 aliphatic carbocycles. The van der Waals surface area contributed by atoms with Crippen LogP contribution < -0.4 is 5.32 Å². The van der Waals surface area contributed by atoms with Crippen molar-refractivity contribution in [2.75, 3.05) is 5.32 Å². The molecule has 0 saturated carbocycles. The Labute approximate surface area is 120 Å². The standard InChI is InChI=1S/C15H10ClFN2O/c1-9-6-10(3-5-14(9)17)15(20)19-12-4-2-11(8-18)13(16)7-12/h2-7H,1H3,(H,19,20). The first-order valence-corrected chi connectivity index (χ1v) is 6.16. The number of nitriles is 1. The van der Waals surface area contributed by atoms with E-state index in [2.05, 4.69) is 5.32 Å². The van der Waals surface area contributed by atoms with E-state index >= 15 is 0 Å². The van der Waals surface area contributed by atoms with E-state index in [-0.39, 0.29) is 16.7 Å². The first-order valence-electron chi connectivity index (χ1n) is 5.78. The van der Waals surface area contributed by atoms with E-state index < -0.39 is 0 Å². The number of amides is 1. The average Bonchev–Trinajstić information content (AvgIpc) is 2.42. The van der Waals surface area contributed by atoms with Crippen molar-refractivity contribution in [3.05, 3.63) is 63.9 Å². The molecule has 3 nitrogen and oxygen atoms in total. The summed E-state index contributed by atoms with van der Waals surface area (Å²) >= 11 is 5.88. The van der Waals surface area contributed by atoms with E-state index in [1.807, 2.05) is 6.07 Å². The molecule has 0 unspecified atom stereocenters. The lowest BCUT2D eigenvalue weighted by atomic mass is 10.1. The molecule has 1 amide bonds. The number of benzene rings is 2. The van der Waals surface area contributed by atoms with E-state index in [0.717, 1.165) is 0 Å². The molecule has 0 aliphatic heterocycles. The normalized spacial score (nSPS) is 9.90. The largest absolute Gasteiger partial charge is 0.322 e. The number of halogens is 2. The summed E-state index contributed by atoms with van der Waals surface area (Å²) < 4.78 is 13.1. The Morgan fingerprint density at radius 2 is 2.05 bits per heavy atom. The van der Waals surface area contributed by atoms with Crippen molar-refractivity contribution in [1.29, 1.82) is 5.26 Å². The van der Waals surface area contributed by atoms with Crippen LogP contribution in [-0.4, -0.2) is 5.91 Å². The summed E-state index contributed by atoms with van der Waals surface area (Å²) in [4.78, 5) is 12.0.